The van der Waals surface area contributed by atoms with E-state index in [1.54, 1.807) is 30.2 Å². The van der Waals surface area contributed by atoms with E-state index < -0.39 is 5.97 Å². The average Bonchev–Trinajstić information content (AvgIpc) is 2.73. The SMILES string of the molecule is Cn1cnc(CNc2cccc(C(=O)O)n2)n1. The topological polar surface area (TPSA) is 92.9 Å². The third-order valence-electron chi connectivity index (χ3n) is 2.04. The van der Waals surface area contributed by atoms with E-state index in [1.807, 2.05) is 0 Å². The van der Waals surface area contributed by atoms with Gasteiger partial charge in [-0.25, -0.2) is 14.8 Å². The molecule has 2 aromatic heterocycles. The minimum Gasteiger partial charge on any atom is -0.477 e. The molecule has 88 valence electrons. The van der Waals surface area contributed by atoms with Gasteiger partial charge in [-0.15, -0.1) is 0 Å². The molecule has 2 rings (SSSR count). The number of nitrogens with zero attached hydrogens (tertiary/aromatic N) is 4. The zero-order chi connectivity index (χ0) is 12.3. The number of rotatable bonds is 4. The van der Waals surface area contributed by atoms with Gasteiger partial charge in [-0.3, -0.25) is 4.68 Å². The van der Waals surface area contributed by atoms with Gasteiger partial charge in [-0.2, -0.15) is 5.10 Å². The number of anilines is 1. The molecule has 0 spiro atoms. The number of nitrogens with one attached hydrogen (secondary N) is 1. The molecule has 17 heavy (non-hydrogen) atoms. The van der Waals surface area contributed by atoms with Gasteiger partial charge >= 0.3 is 5.97 Å². The highest BCUT2D eigenvalue weighted by molar-refractivity contribution is 5.85. The van der Waals surface area contributed by atoms with Crippen LogP contribution >= 0.6 is 0 Å². The Balaban J connectivity index is 2.04. The summed E-state index contributed by atoms with van der Waals surface area (Å²) < 4.78 is 1.60. The summed E-state index contributed by atoms with van der Waals surface area (Å²) >= 11 is 0. The van der Waals surface area contributed by atoms with Crippen LogP contribution in [-0.4, -0.2) is 30.8 Å². The van der Waals surface area contributed by atoms with Crippen molar-refractivity contribution in [1.29, 1.82) is 0 Å². The molecular formula is C10H11N5O2. The van der Waals surface area contributed by atoms with Crippen molar-refractivity contribution in [2.24, 2.45) is 7.05 Å². The highest BCUT2D eigenvalue weighted by atomic mass is 16.4. The van der Waals surface area contributed by atoms with E-state index >= 15 is 0 Å². The smallest absolute Gasteiger partial charge is 0.354 e. The van der Waals surface area contributed by atoms with Crippen LogP contribution in [0.3, 0.4) is 0 Å². The fourth-order valence-electron chi connectivity index (χ4n) is 1.29. The Bertz CT molecular complexity index is 537. The summed E-state index contributed by atoms with van der Waals surface area (Å²) in [6.07, 6.45) is 1.60. The van der Waals surface area contributed by atoms with Crippen molar-refractivity contribution in [2.45, 2.75) is 6.54 Å². The first-order valence-electron chi connectivity index (χ1n) is 4.94. The van der Waals surface area contributed by atoms with Crippen molar-refractivity contribution in [3.63, 3.8) is 0 Å². The van der Waals surface area contributed by atoms with Crippen molar-refractivity contribution in [2.75, 3.05) is 5.32 Å². The number of hydrogen-bond donors (Lipinski definition) is 2. The molecule has 0 aliphatic heterocycles. The van der Waals surface area contributed by atoms with E-state index in [4.69, 9.17) is 5.11 Å². The van der Waals surface area contributed by atoms with Crippen molar-refractivity contribution in [3.05, 3.63) is 36.0 Å². The Hall–Kier alpha value is -2.44. The second kappa shape index (κ2) is 4.60. The van der Waals surface area contributed by atoms with Gasteiger partial charge in [0, 0.05) is 7.05 Å². The summed E-state index contributed by atoms with van der Waals surface area (Å²) in [7, 11) is 1.78. The Morgan fingerprint density at radius 2 is 2.35 bits per heavy atom. The number of hydrogen-bond acceptors (Lipinski definition) is 5. The third-order valence-corrected chi connectivity index (χ3v) is 2.04. The van der Waals surface area contributed by atoms with Crippen LogP contribution in [0.1, 0.15) is 16.3 Å². The van der Waals surface area contributed by atoms with E-state index in [1.165, 1.54) is 6.07 Å². The fraction of sp³-hybridized carbons (Fsp3) is 0.200. The summed E-state index contributed by atoms with van der Waals surface area (Å²) in [5, 5.41) is 15.8. The standard InChI is InChI=1S/C10H11N5O2/c1-15-6-12-9(14-15)5-11-8-4-2-3-7(13-8)10(16)17/h2-4,6H,5H2,1H3,(H,11,13)(H,16,17). The van der Waals surface area contributed by atoms with Crippen LogP contribution in [0.25, 0.3) is 0 Å². The Labute approximate surface area is 97.1 Å². The lowest BCUT2D eigenvalue weighted by Gasteiger charge is -2.03. The first kappa shape index (κ1) is 11.1. The number of aromatic nitrogens is 4. The molecule has 0 aliphatic rings. The van der Waals surface area contributed by atoms with E-state index in [0.29, 0.717) is 18.2 Å². The van der Waals surface area contributed by atoms with Gasteiger partial charge < -0.3 is 10.4 Å². The van der Waals surface area contributed by atoms with Gasteiger partial charge in [0.2, 0.25) is 0 Å². The van der Waals surface area contributed by atoms with Gasteiger partial charge in [0.05, 0.1) is 6.54 Å². The second-order valence-electron chi connectivity index (χ2n) is 3.40. The lowest BCUT2D eigenvalue weighted by molar-refractivity contribution is 0.0690. The predicted molar refractivity (Wildman–Crippen MR) is 59.5 cm³/mol. The summed E-state index contributed by atoms with van der Waals surface area (Å²) in [6, 6.07) is 4.76. The summed E-state index contributed by atoms with van der Waals surface area (Å²) in [4.78, 5) is 18.7. The predicted octanol–water partition coefficient (Wildman–Crippen LogP) is 0.520. The Kier molecular flexibility index (Phi) is 2.99. The van der Waals surface area contributed by atoms with Gasteiger partial charge in [-0.05, 0) is 12.1 Å². The number of aromatic carboxylic acids is 1. The van der Waals surface area contributed by atoms with Crippen LogP contribution in [0.15, 0.2) is 24.5 Å². The molecule has 0 atom stereocenters. The molecule has 2 heterocycles. The number of carboxylic acid groups (broad SMARTS) is 1. The largest absolute Gasteiger partial charge is 0.477 e. The van der Waals surface area contributed by atoms with Crippen LogP contribution in [-0.2, 0) is 13.6 Å². The van der Waals surface area contributed by atoms with Crippen molar-refractivity contribution in [3.8, 4) is 0 Å². The number of aryl methyl sites for hydroxylation is 1. The molecule has 0 fully saturated rings. The van der Waals surface area contributed by atoms with Crippen molar-refractivity contribution < 1.29 is 9.90 Å². The molecule has 0 radical (unpaired) electrons. The maximum atomic E-state index is 10.7. The molecule has 0 aromatic carbocycles. The monoisotopic (exact) mass is 233 g/mol. The van der Waals surface area contributed by atoms with Gasteiger partial charge in [0.25, 0.3) is 0 Å². The maximum Gasteiger partial charge on any atom is 0.354 e. The zero-order valence-electron chi connectivity index (χ0n) is 9.16. The molecule has 0 saturated carbocycles. The van der Waals surface area contributed by atoms with Crippen molar-refractivity contribution in [1.82, 2.24) is 19.7 Å². The lowest BCUT2D eigenvalue weighted by Crippen LogP contribution is -2.06. The summed E-state index contributed by atoms with van der Waals surface area (Å²) in [5.74, 6) is 0.0528. The fourth-order valence-corrected chi connectivity index (χ4v) is 1.29. The number of carbonyl (C=O) groups is 1. The number of carboxylic acids is 1. The number of pyridine rings is 1. The van der Waals surface area contributed by atoms with E-state index in [2.05, 4.69) is 20.4 Å². The molecule has 0 amide bonds. The van der Waals surface area contributed by atoms with E-state index in [0.717, 1.165) is 0 Å². The Morgan fingerprint density at radius 1 is 1.53 bits per heavy atom. The first-order chi connectivity index (χ1) is 8.15. The average molecular weight is 233 g/mol. The van der Waals surface area contributed by atoms with Crippen LogP contribution < -0.4 is 5.32 Å². The first-order valence-corrected chi connectivity index (χ1v) is 4.94. The lowest BCUT2D eigenvalue weighted by atomic mass is 10.3. The van der Waals surface area contributed by atoms with Crippen LogP contribution in [0.5, 0.6) is 0 Å². The molecule has 2 N–H and O–H groups in total. The minimum atomic E-state index is -1.05. The second-order valence-corrected chi connectivity index (χ2v) is 3.40. The van der Waals surface area contributed by atoms with Crippen LogP contribution in [0.2, 0.25) is 0 Å². The Morgan fingerprint density at radius 3 is 3.00 bits per heavy atom. The molecule has 0 saturated heterocycles. The van der Waals surface area contributed by atoms with Crippen molar-refractivity contribution >= 4 is 11.8 Å². The normalized spacial score (nSPS) is 10.2. The van der Waals surface area contributed by atoms with Crippen LogP contribution in [0.4, 0.5) is 5.82 Å². The molecule has 0 bridgehead atoms. The third kappa shape index (κ3) is 2.77. The molecule has 2 aromatic rings. The van der Waals surface area contributed by atoms with Gasteiger partial charge in [-0.1, -0.05) is 6.07 Å². The van der Waals surface area contributed by atoms with Crippen LogP contribution in [0, 0.1) is 0 Å². The molecule has 7 nitrogen and oxygen atoms in total. The molecular weight excluding hydrogens is 222 g/mol. The van der Waals surface area contributed by atoms with Gasteiger partial charge in [0.1, 0.15) is 12.1 Å². The van der Waals surface area contributed by atoms with E-state index in [9.17, 15) is 4.79 Å². The molecule has 7 heteroatoms. The summed E-state index contributed by atoms with van der Waals surface area (Å²) in [5.41, 5.74) is 0.00369. The highest BCUT2D eigenvalue weighted by Crippen LogP contribution is 2.05. The van der Waals surface area contributed by atoms with Gasteiger partial charge in [0.15, 0.2) is 11.5 Å². The molecule has 0 unspecified atom stereocenters. The quantitative estimate of drug-likeness (QED) is 0.799. The molecule has 0 aliphatic carbocycles. The zero-order valence-corrected chi connectivity index (χ0v) is 9.16. The minimum absolute atomic E-state index is 0.00369. The highest BCUT2D eigenvalue weighted by Gasteiger charge is 2.05. The maximum absolute atomic E-state index is 10.7. The van der Waals surface area contributed by atoms with E-state index in [-0.39, 0.29) is 5.69 Å². The summed E-state index contributed by atoms with van der Waals surface area (Å²) in [6.45, 7) is 0.400.